The van der Waals surface area contributed by atoms with Crippen molar-refractivity contribution in [1.82, 2.24) is 0 Å². The smallest absolute Gasteiger partial charge is 0.386 e. The van der Waals surface area contributed by atoms with Gasteiger partial charge in [-0.2, -0.15) is 105 Å². The van der Waals surface area contributed by atoms with Crippen LogP contribution in [0.1, 0.15) is 0 Å². The number of halogens is 24. The molecule has 0 aromatic heterocycles. The minimum absolute atomic E-state index is 0.605. The van der Waals surface area contributed by atoms with Gasteiger partial charge in [0.2, 0.25) is 0 Å². The largest absolute Gasteiger partial charge is 0.486 e. The van der Waals surface area contributed by atoms with Crippen molar-refractivity contribution in [2.75, 3.05) is 0 Å². The summed E-state index contributed by atoms with van der Waals surface area (Å²) >= 11 is 0. The van der Waals surface area contributed by atoms with Gasteiger partial charge in [0.05, 0.1) is 0 Å². The van der Waals surface area contributed by atoms with Gasteiger partial charge in [0.1, 0.15) is 0 Å². The van der Waals surface area contributed by atoms with Crippen molar-refractivity contribution >= 4 is 11.9 Å². The number of ether oxygens (including phenoxy) is 2. The fourth-order valence-corrected chi connectivity index (χ4v) is 2.43. The minimum Gasteiger partial charge on any atom is -0.386 e. The van der Waals surface area contributed by atoms with Crippen LogP contribution in [-0.4, -0.2) is 83.4 Å². The van der Waals surface area contributed by atoms with E-state index >= 15 is 0 Å². The number of esters is 2. The Hall–Kier alpha value is -3.26. The van der Waals surface area contributed by atoms with E-state index in [4.69, 9.17) is 0 Å². The molecule has 0 amide bonds. The molecule has 0 N–H and O–H groups in total. The Balaban J connectivity index is 7.56. The average molecular weight is 742 g/mol. The second-order valence-corrected chi connectivity index (χ2v) is 8.03. The van der Waals surface area contributed by atoms with E-state index in [9.17, 15) is 115 Å². The number of carbonyl (C=O) groups is 2. The third-order valence-corrected chi connectivity index (χ3v) is 5.08. The Kier molecular flexibility index (Phi) is 10.4. The first-order valence-electron chi connectivity index (χ1n) is 9.90. The molecule has 0 atom stereocenters. The van der Waals surface area contributed by atoms with Crippen LogP contribution in [0.25, 0.3) is 0 Å². The summed E-state index contributed by atoms with van der Waals surface area (Å²) in [6.45, 7) is 4.49. The van der Waals surface area contributed by atoms with Crippen molar-refractivity contribution in [1.29, 1.82) is 0 Å². The van der Waals surface area contributed by atoms with E-state index in [2.05, 4.69) is 22.6 Å². The first-order valence-corrected chi connectivity index (χ1v) is 9.90. The van der Waals surface area contributed by atoms with Crippen LogP contribution in [0.15, 0.2) is 25.3 Å². The van der Waals surface area contributed by atoms with Crippen molar-refractivity contribution < 1.29 is 124 Å². The Morgan fingerprint density at radius 3 is 0.696 bits per heavy atom. The van der Waals surface area contributed by atoms with E-state index in [0.717, 1.165) is 0 Å². The van der Waals surface area contributed by atoms with Gasteiger partial charge in [-0.3, -0.25) is 0 Å². The van der Waals surface area contributed by atoms with E-state index in [1.54, 1.807) is 0 Å². The van der Waals surface area contributed by atoms with Crippen LogP contribution in [0.3, 0.4) is 0 Å². The zero-order chi connectivity index (χ0) is 38.0. The monoisotopic (exact) mass is 742 g/mol. The SMILES string of the molecule is C=CC(=O)OC(F)(OC(=O)C=C)C(F)(F)C(F)(F)C(F)(F)C(F)(F)C(F)(F)C(F)(F)C(F)(F)C(F)(F)C(F)(F)C(F)(F)C(F)(F)F. The van der Waals surface area contributed by atoms with Gasteiger partial charge in [0.15, 0.2) is 0 Å². The molecule has 0 unspecified atom stereocenters. The molecule has 0 spiro atoms. The summed E-state index contributed by atoms with van der Waals surface area (Å²) in [5.74, 6) is -98.4. The molecule has 0 aliphatic heterocycles. The summed E-state index contributed by atoms with van der Waals surface area (Å²) in [4.78, 5) is 21.9. The van der Waals surface area contributed by atoms with Crippen molar-refractivity contribution in [2.24, 2.45) is 0 Å². The molecule has 0 radical (unpaired) electrons. The van der Waals surface area contributed by atoms with E-state index in [0.29, 0.717) is 0 Å². The van der Waals surface area contributed by atoms with Crippen molar-refractivity contribution in [2.45, 2.75) is 71.4 Å². The van der Waals surface area contributed by atoms with Crippen LogP contribution in [0.4, 0.5) is 105 Å². The van der Waals surface area contributed by atoms with Gasteiger partial charge in [-0.15, -0.1) is 0 Å². The molecule has 0 rings (SSSR count). The summed E-state index contributed by atoms with van der Waals surface area (Å²) < 4.78 is 330. The zero-order valence-corrected chi connectivity index (χ0v) is 20.3. The molecule has 0 heterocycles. The predicted octanol–water partition coefficient (Wildman–Crippen LogP) is 7.98. The number of hydrogen-bond acceptors (Lipinski definition) is 4. The molecule has 0 aromatic carbocycles. The van der Waals surface area contributed by atoms with Crippen molar-refractivity contribution in [3.63, 3.8) is 0 Å². The first-order chi connectivity index (χ1) is 19.7. The van der Waals surface area contributed by atoms with Crippen LogP contribution in [0.2, 0.25) is 0 Å². The molecule has 0 saturated carbocycles. The maximum atomic E-state index is 14.5. The molecule has 0 saturated heterocycles. The lowest BCUT2D eigenvalue weighted by Gasteiger charge is -2.45. The Morgan fingerprint density at radius 1 is 0.348 bits per heavy atom. The van der Waals surface area contributed by atoms with E-state index in [-0.39, 0.29) is 0 Å². The molecular weight excluding hydrogens is 736 g/mol. The molecule has 0 aromatic rings. The van der Waals surface area contributed by atoms with E-state index in [1.165, 1.54) is 0 Å². The van der Waals surface area contributed by atoms with Gasteiger partial charge >= 0.3 is 83.4 Å². The molecule has 28 heteroatoms. The number of rotatable bonds is 14. The maximum absolute atomic E-state index is 14.5. The number of hydrogen-bond donors (Lipinski definition) is 0. The summed E-state index contributed by atoms with van der Waals surface area (Å²) in [5, 5.41) is 0. The fourth-order valence-electron chi connectivity index (χ4n) is 2.43. The quantitative estimate of drug-likeness (QED) is 0.0785. The summed E-state index contributed by atoms with van der Waals surface area (Å²) in [7, 11) is 0. The Bertz CT molecular complexity index is 1180. The normalized spacial score (nSPS) is 15.7. The van der Waals surface area contributed by atoms with Gasteiger partial charge in [0, 0.05) is 12.2 Å². The summed E-state index contributed by atoms with van der Waals surface area (Å²) in [5.41, 5.74) is 0. The highest BCUT2D eigenvalue weighted by molar-refractivity contribution is 5.83. The Morgan fingerprint density at radius 2 is 0.522 bits per heavy atom. The molecule has 270 valence electrons. The zero-order valence-electron chi connectivity index (χ0n) is 20.3. The number of alkyl halides is 24. The predicted molar refractivity (Wildman–Crippen MR) is 91.9 cm³/mol. The van der Waals surface area contributed by atoms with Crippen molar-refractivity contribution in [3.05, 3.63) is 25.3 Å². The van der Waals surface area contributed by atoms with Crippen molar-refractivity contribution in [3.8, 4) is 0 Å². The van der Waals surface area contributed by atoms with E-state index < -0.39 is 95.5 Å². The third kappa shape index (κ3) is 5.34. The lowest BCUT2D eigenvalue weighted by molar-refractivity contribution is -0.491. The average Bonchev–Trinajstić information content (AvgIpc) is 2.86. The topological polar surface area (TPSA) is 52.6 Å². The van der Waals surface area contributed by atoms with Gasteiger partial charge in [-0.25, -0.2) is 9.59 Å². The van der Waals surface area contributed by atoms with Crippen LogP contribution in [0, 0.1) is 0 Å². The Labute approximate surface area is 234 Å². The van der Waals surface area contributed by atoms with Gasteiger partial charge in [-0.1, -0.05) is 13.2 Å². The molecule has 0 aliphatic carbocycles. The second-order valence-electron chi connectivity index (χ2n) is 8.03. The summed E-state index contributed by atoms with van der Waals surface area (Å²) in [6, 6.07) is -6.98. The standard InChI is InChI=1S/C18H6F24O4/c1-3-5(43)45-18(42,46-6(44)4-2)16(37,38)14(33,34)12(29,30)10(25,26)8(21,22)7(19,20)9(23,24)11(27,28)13(31,32)15(35,36)17(39,40)41/h3-4H,1-2H2. The fraction of sp³-hybridized carbons (Fsp3) is 0.667. The molecule has 0 fully saturated rings. The maximum Gasteiger partial charge on any atom is 0.486 e. The van der Waals surface area contributed by atoms with Gasteiger partial charge in [-0.05, 0) is 0 Å². The van der Waals surface area contributed by atoms with Crippen LogP contribution in [0.5, 0.6) is 0 Å². The molecule has 46 heavy (non-hydrogen) atoms. The lowest BCUT2D eigenvalue weighted by atomic mass is 9.85. The van der Waals surface area contributed by atoms with Crippen LogP contribution >= 0.6 is 0 Å². The van der Waals surface area contributed by atoms with E-state index in [1.807, 2.05) is 0 Å². The molecular formula is C18H6F24O4. The molecule has 0 aliphatic rings. The molecule has 0 bridgehead atoms. The van der Waals surface area contributed by atoms with Crippen LogP contribution in [-0.2, 0) is 19.1 Å². The highest BCUT2D eigenvalue weighted by Gasteiger charge is 3.00. The van der Waals surface area contributed by atoms with Gasteiger partial charge in [0.25, 0.3) is 0 Å². The van der Waals surface area contributed by atoms with Gasteiger partial charge < -0.3 is 9.47 Å². The third-order valence-electron chi connectivity index (χ3n) is 5.08. The number of carbonyl (C=O) groups excluding carboxylic acids is 2. The minimum atomic E-state index is -9.68. The molecule has 4 nitrogen and oxygen atoms in total. The highest BCUT2D eigenvalue weighted by Crippen LogP contribution is 2.67. The first kappa shape index (κ1) is 42.7. The highest BCUT2D eigenvalue weighted by atomic mass is 19.4. The van der Waals surface area contributed by atoms with Crippen LogP contribution < -0.4 is 0 Å². The lowest BCUT2D eigenvalue weighted by Crippen LogP contribution is -2.78. The summed E-state index contributed by atoms with van der Waals surface area (Å²) in [6.07, 6.45) is -9.42. The second kappa shape index (κ2) is 11.2.